The monoisotopic (exact) mass is 431 g/mol. The summed E-state index contributed by atoms with van der Waals surface area (Å²) < 4.78 is 1.96. The molecular formula is C25H29N5S. The van der Waals surface area contributed by atoms with Crippen LogP contribution in [0.4, 0.5) is 0 Å². The molecule has 0 aliphatic heterocycles. The fraction of sp³-hybridized carbons (Fsp3) is 0.320. The van der Waals surface area contributed by atoms with E-state index in [4.69, 9.17) is 0 Å². The second kappa shape index (κ2) is 9.12. The smallest absolute Gasteiger partial charge is 0.173 e. The Morgan fingerprint density at radius 1 is 0.935 bits per heavy atom. The maximum atomic E-state index is 4.54. The van der Waals surface area contributed by atoms with Crippen LogP contribution in [0.25, 0.3) is 0 Å². The van der Waals surface area contributed by atoms with Crippen molar-refractivity contribution in [3.05, 3.63) is 99.5 Å². The lowest BCUT2D eigenvalue weighted by molar-refractivity contribution is 0.187. The zero-order valence-electron chi connectivity index (χ0n) is 18.6. The van der Waals surface area contributed by atoms with Gasteiger partial charge >= 0.3 is 0 Å². The number of tetrazole rings is 1. The largest absolute Gasteiger partial charge is 0.280 e. The van der Waals surface area contributed by atoms with Gasteiger partial charge in [0.25, 0.3) is 0 Å². The van der Waals surface area contributed by atoms with Gasteiger partial charge in [-0.1, -0.05) is 66.2 Å². The standard InChI is InChI=1S/C25H29N5S/c1-19-12-14-21(15-13-19)23(24-26-27-28-30(24)25(2,3)4)29(18-22-11-8-16-31-22)17-20-9-6-5-7-10-20/h5-16,23H,17-18H2,1-4H3. The molecule has 4 aromatic rings. The van der Waals surface area contributed by atoms with Crippen LogP contribution in [0.3, 0.4) is 0 Å². The van der Waals surface area contributed by atoms with Crippen molar-refractivity contribution in [3.8, 4) is 0 Å². The van der Waals surface area contributed by atoms with Crippen LogP contribution < -0.4 is 0 Å². The summed E-state index contributed by atoms with van der Waals surface area (Å²) in [5, 5.41) is 15.1. The van der Waals surface area contributed by atoms with Crippen LogP contribution in [0.15, 0.2) is 72.1 Å². The molecular weight excluding hydrogens is 402 g/mol. The molecule has 0 bridgehead atoms. The summed E-state index contributed by atoms with van der Waals surface area (Å²) in [4.78, 5) is 3.79. The van der Waals surface area contributed by atoms with Crippen molar-refractivity contribution in [1.29, 1.82) is 0 Å². The molecule has 2 aromatic heterocycles. The van der Waals surface area contributed by atoms with Gasteiger partial charge in [0.2, 0.25) is 0 Å². The van der Waals surface area contributed by atoms with E-state index in [2.05, 4.69) is 120 Å². The molecule has 0 spiro atoms. The van der Waals surface area contributed by atoms with Gasteiger partial charge in [-0.3, -0.25) is 4.90 Å². The normalized spacial score (nSPS) is 12.9. The Labute approximate surface area is 188 Å². The summed E-state index contributed by atoms with van der Waals surface area (Å²) in [7, 11) is 0. The Bertz CT molecular complexity index is 1080. The number of aryl methyl sites for hydroxylation is 1. The summed E-state index contributed by atoms with van der Waals surface area (Å²) in [6.07, 6.45) is 0. The lowest BCUT2D eigenvalue weighted by Gasteiger charge is -2.33. The van der Waals surface area contributed by atoms with E-state index in [9.17, 15) is 0 Å². The average Bonchev–Trinajstić information content (AvgIpc) is 3.42. The lowest BCUT2D eigenvalue weighted by Crippen LogP contribution is -2.34. The van der Waals surface area contributed by atoms with E-state index in [1.165, 1.54) is 21.6 Å². The lowest BCUT2D eigenvalue weighted by atomic mass is 10.00. The molecule has 1 atom stereocenters. The molecule has 31 heavy (non-hydrogen) atoms. The molecule has 5 nitrogen and oxygen atoms in total. The number of aromatic nitrogens is 4. The zero-order valence-corrected chi connectivity index (χ0v) is 19.4. The van der Waals surface area contributed by atoms with Crippen LogP contribution in [0, 0.1) is 6.92 Å². The van der Waals surface area contributed by atoms with E-state index >= 15 is 0 Å². The molecule has 0 amide bonds. The van der Waals surface area contributed by atoms with Gasteiger partial charge in [-0.2, -0.15) is 0 Å². The fourth-order valence-electron chi connectivity index (χ4n) is 3.77. The number of hydrogen-bond donors (Lipinski definition) is 0. The van der Waals surface area contributed by atoms with Crippen LogP contribution in [0.5, 0.6) is 0 Å². The number of hydrogen-bond acceptors (Lipinski definition) is 5. The molecule has 0 radical (unpaired) electrons. The molecule has 6 heteroatoms. The van der Waals surface area contributed by atoms with Crippen molar-refractivity contribution in [2.45, 2.75) is 52.4 Å². The summed E-state index contributed by atoms with van der Waals surface area (Å²) in [6.45, 7) is 10.2. The van der Waals surface area contributed by atoms with Crippen molar-refractivity contribution < 1.29 is 0 Å². The van der Waals surface area contributed by atoms with Gasteiger partial charge < -0.3 is 0 Å². The van der Waals surface area contributed by atoms with Gasteiger partial charge in [0.05, 0.1) is 11.6 Å². The van der Waals surface area contributed by atoms with Crippen molar-refractivity contribution in [1.82, 2.24) is 25.1 Å². The predicted octanol–water partition coefficient (Wildman–Crippen LogP) is 5.59. The number of nitrogens with zero attached hydrogens (tertiary/aromatic N) is 5. The Morgan fingerprint density at radius 3 is 2.32 bits per heavy atom. The highest BCUT2D eigenvalue weighted by atomic mass is 32.1. The molecule has 0 N–H and O–H groups in total. The quantitative estimate of drug-likeness (QED) is 0.383. The zero-order chi connectivity index (χ0) is 21.8. The molecule has 0 fully saturated rings. The van der Waals surface area contributed by atoms with Gasteiger partial charge in [0.1, 0.15) is 0 Å². The minimum Gasteiger partial charge on any atom is -0.280 e. The minimum atomic E-state index is -0.219. The van der Waals surface area contributed by atoms with E-state index in [0.29, 0.717) is 0 Å². The molecule has 0 aliphatic carbocycles. The van der Waals surface area contributed by atoms with Gasteiger partial charge in [-0.05, 0) is 60.7 Å². The number of benzene rings is 2. The molecule has 0 saturated heterocycles. The molecule has 2 heterocycles. The van der Waals surface area contributed by atoms with Crippen molar-refractivity contribution in [3.63, 3.8) is 0 Å². The summed E-state index contributed by atoms with van der Waals surface area (Å²) >= 11 is 1.78. The second-order valence-electron chi connectivity index (χ2n) is 8.90. The van der Waals surface area contributed by atoms with E-state index in [0.717, 1.165) is 18.9 Å². The highest BCUT2D eigenvalue weighted by molar-refractivity contribution is 7.09. The van der Waals surface area contributed by atoms with Gasteiger partial charge in [0.15, 0.2) is 5.82 Å². The van der Waals surface area contributed by atoms with Gasteiger partial charge in [0, 0.05) is 18.0 Å². The van der Waals surface area contributed by atoms with E-state index < -0.39 is 0 Å². The van der Waals surface area contributed by atoms with E-state index in [1.807, 2.05) is 4.68 Å². The third-order valence-corrected chi connectivity index (χ3v) is 6.16. The Kier molecular flexibility index (Phi) is 6.30. The summed E-state index contributed by atoms with van der Waals surface area (Å²) in [6, 6.07) is 23.6. The Morgan fingerprint density at radius 2 is 1.68 bits per heavy atom. The molecule has 1 unspecified atom stereocenters. The van der Waals surface area contributed by atoms with Gasteiger partial charge in [-0.15, -0.1) is 16.4 Å². The van der Waals surface area contributed by atoms with Crippen molar-refractivity contribution >= 4 is 11.3 Å². The van der Waals surface area contributed by atoms with Crippen LogP contribution in [0.2, 0.25) is 0 Å². The van der Waals surface area contributed by atoms with Crippen LogP contribution in [0.1, 0.15) is 54.2 Å². The molecule has 0 aliphatic rings. The van der Waals surface area contributed by atoms with Gasteiger partial charge in [-0.25, -0.2) is 4.68 Å². The highest BCUT2D eigenvalue weighted by Gasteiger charge is 2.31. The number of rotatable bonds is 7. The van der Waals surface area contributed by atoms with Crippen LogP contribution in [-0.4, -0.2) is 25.1 Å². The minimum absolute atomic E-state index is 0.0721. The fourth-order valence-corrected chi connectivity index (χ4v) is 4.50. The summed E-state index contributed by atoms with van der Waals surface area (Å²) in [5.74, 6) is 0.865. The van der Waals surface area contributed by atoms with E-state index in [-0.39, 0.29) is 11.6 Å². The first-order valence-electron chi connectivity index (χ1n) is 10.6. The first-order chi connectivity index (χ1) is 14.9. The Balaban J connectivity index is 1.83. The van der Waals surface area contributed by atoms with E-state index in [1.54, 1.807) is 11.3 Å². The maximum Gasteiger partial charge on any atom is 0.173 e. The van der Waals surface area contributed by atoms with Crippen molar-refractivity contribution in [2.24, 2.45) is 0 Å². The predicted molar refractivity (Wildman–Crippen MR) is 126 cm³/mol. The second-order valence-corrected chi connectivity index (χ2v) is 9.94. The third-order valence-electron chi connectivity index (χ3n) is 5.30. The SMILES string of the molecule is Cc1ccc(C(c2nnnn2C(C)(C)C)N(Cc2ccccc2)Cc2cccs2)cc1. The first kappa shape index (κ1) is 21.4. The molecule has 0 saturated carbocycles. The maximum absolute atomic E-state index is 4.54. The van der Waals surface area contributed by atoms with Crippen LogP contribution >= 0.6 is 11.3 Å². The first-order valence-corrected chi connectivity index (χ1v) is 11.5. The Hall–Kier alpha value is -2.83. The summed E-state index contributed by atoms with van der Waals surface area (Å²) in [5.41, 5.74) is 3.48. The highest BCUT2D eigenvalue weighted by Crippen LogP contribution is 2.33. The van der Waals surface area contributed by atoms with Crippen molar-refractivity contribution in [2.75, 3.05) is 0 Å². The average molecular weight is 432 g/mol. The number of thiophene rings is 1. The third kappa shape index (κ3) is 5.09. The molecule has 2 aromatic carbocycles. The molecule has 4 rings (SSSR count). The topological polar surface area (TPSA) is 46.8 Å². The van der Waals surface area contributed by atoms with Crippen LogP contribution in [-0.2, 0) is 18.6 Å². The molecule has 160 valence electrons.